The second-order valence-electron chi connectivity index (χ2n) is 15.2. The molecular formula is C33H42O15. The van der Waals surface area contributed by atoms with E-state index in [1.54, 1.807) is 33.8 Å². The van der Waals surface area contributed by atoms with Crippen LogP contribution < -0.4 is 0 Å². The molecule has 8 aliphatic rings. The molecule has 48 heavy (non-hydrogen) atoms. The number of allylic oxidation sites excluding steroid dienone is 1. The summed E-state index contributed by atoms with van der Waals surface area (Å²) in [5.41, 5.74) is -9.22. The highest BCUT2D eigenvalue weighted by Gasteiger charge is 2.96. The summed E-state index contributed by atoms with van der Waals surface area (Å²) in [6.45, 7) is 5.77. The molecule has 15 heteroatoms. The summed E-state index contributed by atoms with van der Waals surface area (Å²) in [4.78, 5) is 40.9. The molecular weight excluding hydrogens is 636 g/mol. The number of rotatable bonds is 5. The van der Waals surface area contributed by atoms with Crippen LogP contribution in [-0.4, -0.2) is 125 Å². The van der Waals surface area contributed by atoms with Gasteiger partial charge in [-0.2, -0.15) is 0 Å². The van der Waals surface area contributed by atoms with Crippen molar-refractivity contribution in [2.75, 3.05) is 27.4 Å². The minimum atomic E-state index is -2.77. The fourth-order valence-electron chi connectivity index (χ4n) is 11.8. The average Bonchev–Trinajstić information content (AvgIpc) is 3.44. The third kappa shape index (κ3) is 3.14. The van der Waals surface area contributed by atoms with Gasteiger partial charge in [0.05, 0.1) is 58.1 Å². The molecule has 16 atom stereocenters. The Balaban J connectivity index is 1.34. The van der Waals surface area contributed by atoms with Crippen molar-refractivity contribution in [2.45, 2.75) is 99.9 Å². The summed E-state index contributed by atoms with van der Waals surface area (Å²) in [6, 6.07) is 0. The number of aliphatic hydroxyl groups is 4. The summed E-state index contributed by atoms with van der Waals surface area (Å²) in [6.07, 6.45) is -3.11. The summed E-state index contributed by atoms with van der Waals surface area (Å²) in [5.74, 6) is -8.80. The topological polar surface area (TPSA) is 209 Å². The molecule has 1 spiro atoms. The van der Waals surface area contributed by atoms with Crippen molar-refractivity contribution >= 4 is 17.9 Å². The van der Waals surface area contributed by atoms with Crippen molar-refractivity contribution in [1.29, 1.82) is 0 Å². The molecule has 0 aromatic heterocycles. The number of carbonyl (C=O) groups excluding carboxylic acids is 3. The van der Waals surface area contributed by atoms with Gasteiger partial charge in [0, 0.05) is 40.6 Å². The van der Waals surface area contributed by atoms with Gasteiger partial charge in [0.2, 0.25) is 6.29 Å². The Morgan fingerprint density at radius 2 is 1.73 bits per heavy atom. The smallest absolute Gasteiger partial charge is 0.366 e. The molecule has 0 radical (unpaired) electrons. The van der Waals surface area contributed by atoms with E-state index < -0.39 is 118 Å². The van der Waals surface area contributed by atoms with E-state index in [-0.39, 0.29) is 25.0 Å². The normalized spacial score (nSPS) is 56.7. The second-order valence-corrected chi connectivity index (χ2v) is 15.2. The van der Waals surface area contributed by atoms with Gasteiger partial charge in [-0.3, -0.25) is 4.79 Å². The Morgan fingerprint density at radius 1 is 1.02 bits per heavy atom. The van der Waals surface area contributed by atoms with Crippen LogP contribution in [0.15, 0.2) is 24.0 Å². The summed E-state index contributed by atoms with van der Waals surface area (Å²) in [7, 11) is 2.25. The summed E-state index contributed by atoms with van der Waals surface area (Å²) in [5, 5.41) is 49.3. The van der Waals surface area contributed by atoms with Gasteiger partial charge in [0.1, 0.15) is 22.7 Å². The summed E-state index contributed by atoms with van der Waals surface area (Å²) >= 11 is 0. The van der Waals surface area contributed by atoms with Crippen LogP contribution in [0.2, 0.25) is 0 Å². The first-order valence-corrected chi connectivity index (χ1v) is 16.3. The highest BCUT2D eigenvalue weighted by molar-refractivity contribution is 5.88. The lowest BCUT2D eigenvalue weighted by Gasteiger charge is -2.65. The van der Waals surface area contributed by atoms with Crippen molar-refractivity contribution in [1.82, 2.24) is 0 Å². The monoisotopic (exact) mass is 678 g/mol. The first-order valence-electron chi connectivity index (χ1n) is 16.3. The van der Waals surface area contributed by atoms with Crippen LogP contribution in [0.25, 0.3) is 0 Å². The molecule has 8 rings (SSSR count). The number of hydrogen-bond donors (Lipinski definition) is 4. The number of hydrogen-bond acceptors (Lipinski definition) is 15. The van der Waals surface area contributed by atoms with Gasteiger partial charge in [0.25, 0.3) is 5.79 Å². The Bertz CT molecular complexity index is 1550. The molecule has 5 heterocycles. The first kappa shape index (κ1) is 32.6. The zero-order valence-electron chi connectivity index (χ0n) is 27.5. The number of ether oxygens (including phenoxy) is 8. The van der Waals surface area contributed by atoms with Crippen LogP contribution in [0.1, 0.15) is 40.5 Å². The number of epoxide rings is 1. The minimum Gasteiger partial charge on any atom is -0.469 e. The van der Waals surface area contributed by atoms with Crippen molar-refractivity contribution < 1.29 is 72.7 Å². The van der Waals surface area contributed by atoms with Crippen LogP contribution >= 0.6 is 0 Å². The second kappa shape index (κ2) is 9.57. The van der Waals surface area contributed by atoms with E-state index in [1.807, 2.05) is 0 Å². The van der Waals surface area contributed by atoms with E-state index in [0.717, 1.165) is 7.11 Å². The number of carbonyl (C=O) groups is 3. The fraction of sp³-hybridized carbons (Fsp3) is 0.788. The number of fused-ring (bicyclic) bond motifs is 7. The van der Waals surface area contributed by atoms with E-state index in [0.29, 0.717) is 0 Å². The molecule has 3 aliphatic carbocycles. The molecule has 0 amide bonds. The largest absolute Gasteiger partial charge is 0.469 e. The van der Waals surface area contributed by atoms with Gasteiger partial charge < -0.3 is 58.3 Å². The van der Waals surface area contributed by atoms with Crippen LogP contribution in [0.3, 0.4) is 0 Å². The zero-order chi connectivity index (χ0) is 34.6. The number of methoxy groups -OCH3 is 2. The van der Waals surface area contributed by atoms with Gasteiger partial charge in [-0.25, -0.2) is 9.59 Å². The fourth-order valence-corrected chi connectivity index (χ4v) is 11.8. The third-order valence-electron chi connectivity index (χ3n) is 13.9. The van der Waals surface area contributed by atoms with Crippen LogP contribution in [0.4, 0.5) is 0 Å². The van der Waals surface area contributed by atoms with E-state index in [4.69, 9.17) is 37.9 Å². The van der Waals surface area contributed by atoms with Crippen LogP contribution in [-0.2, 0) is 52.3 Å². The SMILES string of the molecule is CC=C(C)C(=O)OC1CC(O)C23COC(O)(C(=O)OC)C2C(C)(C24OC2(C)C2CC4OC4OC=CC42O)C(O)C2OCC1(C(=O)OC)C23. The van der Waals surface area contributed by atoms with E-state index in [1.165, 1.54) is 19.4 Å². The van der Waals surface area contributed by atoms with Gasteiger partial charge in [-0.1, -0.05) is 13.0 Å². The minimum absolute atomic E-state index is 0.264. The average molecular weight is 679 g/mol. The highest BCUT2D eigenvalue weighted by Crippen LogP contribution is 2.82. The summed E-state index contributed by atoms with van der Waals surface area (Å²) < 4.78 is 47.4. The lowest BCUT2D eigenvalue weighted by molar-refractivity contribution is -0.314. The van der Waals surface area contributed by atoms with Crippen molar-refractivity contribution in [3.63, 3.8) is 0 Å². The molecule has 0 aromatic carbocycles. The third-order valence-corrected chi connectivity index (χ3v) is 13.9. The molecule has 3 saturated carbocycles. The Labute approximate surface area is 276 Å². The predicted molar refractivity (Wildman–Crippen MR) is 155 cm³/mol. The molecule has 0 aromatic rings. The molecule has 264 valence electrons. The molecule has 15 nitrogen and oxygen atoms in total. The van der Waals surface area contributed by atoms with Gasteiger partial charge in [0.15, 0.2) is 5.60 Å². The predicted octanol–water partition coefficient (Wildman–Crippen LogP) is -0.774. The van der Waals surface area contributed by atoms with Crippen molar-refractivity contribution in [2.24, 2.45) is 34.0 Å². The molecule has 5 aliphatic heterocycles. The molecule has 2 bridgehead atoms. The van der Waals surface area contributed by atoms with E-state index >= 15 is 0 Å². The molecule has 16 unspecified atom stereocenters. The standard InChI is InChI=1S/C33H42O15/c1-7-14(2)22(36)46-17-11-16(34)29-13-45-32(40,25(38)42-6)23(29)27(3,21(35)19-20(29)30(17,12-44-19)24(37)41-5)33-18-10-15(28(33,4)48-33)31(39)8-9-43-26(31)47-18/h7-9,15-21,23,26,34-35,39-40H,10-13H2,1-6H3. The molecule has 4 saturated heterocycles. The zero-order valence-corrected chi connectivity index (χ0v) is 27.5. The number of esters is 3. The Morgan fingerprint density at radius 3 is 2.40 bits per heavy atom. The van der Waals surface area contributed by atoms with Crippen molar-refractivity contribution in [3.05, 3.63) is 24.0 Å². The maximum Gasteiger partial charge on any atom is 0.366 e. The maximum absolute atomic E-state index is 14.1. The van der Waals surface area contributed by atoms with Crippen molar-refractivity contribution in [3.8, 4) is 0 Å². The maximum atomic E-state index is 14.1. The van der Waals surface area contributed by atoms with Gasteiger partial charge in [-0.15, -0.1) is 0 Å². The Hall–Kier alpha value is -2.63. The lowest BCUT2D eigenvalue weighted by atomic mass is 9.37. The number of aliphatic hydroxyl groups excluding tert-OH is 2. The van der Waals surface area contributed by atoms with Gasteiger partial charge in [-0.05, 0) is 33.3 Å². The molecule has 7 fully saturated rings. The van der Waals surface area contributed by atoms with E-state index in [2.05, 4.69) is 0 Å². The lowest BCUT2D eigenvalue weighted by Crippen LogP contribution is -2.78. The van der Waals surface area contributed by atoms with Crippen LogP contribution in [0, 0.1) is 34.0 Å². The highest BCUT2D eigenvalue weighted by atomic mass is 16.7. The first-order chi connectivity index (χ1) is 22.6. The van der Waals surface area contributed by atoms with Crippen LogP contribution in [0.5, 0.6) is 0 Å². The molecule has 4 N–H and O–H groups in total. The Kier molecular flexibility index (Phi) is 6.50. The quantitative estimate of drug-likeness (QED) is 0.122. The van der Waals surface area contributed by atoms with Gasteiger partial charge >= 0.3 is 17.9 Å². The van der Waals surface area contributed by atoms with E-state index in [9.17, 15) is 34.8 Å².